The van der Waals surface area contributed by atoms with Crippen molar-refractivity contribution in [1.82, 2.24) is 0 Å². The van der Waals surface area contributed by atoms with Crippen molar-refractivity contribution in [2.45, 2.75) is 33.0 Å². The molecule has 0 spiro atoms. The second-order valence-electron chi connectivity index (χ2n) is 7.29. The standard InChI is InChI=1S/C9H12ClNO.C9H10F3N.C8H10BrN/c1-3-11-7-4-5-9(12-2)8(10)6-7;1-6(13)7-4-2-3-5-8(7)9(10,11)12;1-2-10-8-5-3-4-7(9)6-8/h4-6,11H,3H2,1-2H3;2-6H,13H2,1H3;3-6,10H,2H2,1H3. The molecule has 3 aromatic carbocycles. The number of hydrogen-bond donors (Lipinski definition) is 3. The Morgan fingerprint density at radius 3 is 2.00 bits per heavy atom. The molecular formula is C26H32BrClF3N3O. The fraction of sp³-hybridized carbons (Fsp3) is 0.308. The van der Waals surface area contributed by atoms with Crippen molar-refractivity contribution in [2.75, 3.05) is 30.8 Å². The van der Waals surface area contributed by atoms with Crippen LogP contribution < -0.4 is 21.1 Å². The zero-order valence-electron chi connectivity index (χ0n) is 20.2. The molecule has 0 saturated heterocycles. The quantitative estimate of drug-likeness (QED) is 0.277. The Morgan fingerprint density at radius 2 is 1.54 bits per heavy atom. The van der Waals surface area contributed by atoms with E-state index in [-0.39, 0.29) is 5.56 Å². The van der Waals surface area contributed by atoms with Crippen LogP contribution >= 0.6 is 27.5 Å². The first-order chi connectivity index (χ1) is 16.5. The molecular weight excluding hydrogens is 543 g/mol. The van der Waals surface area contributed by atoms with Gasteiger partial charge in [-0.1, -0.05) is 51.8 Å². The van der Waals surface area contributed by atoms with E-state index in [4.69, 9.17) is 22.1 Å². The van der Waals surface area contributed by atoms with E-state index in [1.165, 1.54) is 19.1 Å². The Balaban J connectivity index is 0.000000265. The first kappa shape index (κ1) is 30.6. The average Bonchev–Trinajstić information content (AvgIpc) is 2.80. The van der Waals surface area contributed by atoms with Crippen LogP contribution in [0, 0.1) is 0 Å². The zero-order chi connectivity index (χ0) is 26.4. The van der Waals surface area contributed by atoms with Crippen LogP contribution in [0.2, 0.25) is 5.02 Å². The number of ether oxygens (including phenoxy) is 1. The number of halogens is 5. The molecule has 192 valence electrons. The maximum absolute atomic E-state index is 12.4. The molecule has 1 atom stereocenters. The van der Waals surface area contributed by atoms with E-state index >= 15 is 0 Å². The zero-order valence-corrected chi connectivity index (χ0v) is 22.6. The lowest BCUT2D eigenvalue weighted by atomic mass is 10.0. The summed E-state index contributed by atoms with van der Waals surface area (Å²) in [7, 11) is 1.61. The monoisotopic (exact) mass is 573 g/mol. The third kappa shape index (κ3) is 11.2. The van der Waals surface area contributed by atoms with Crippen molar-refractivity contribution in [3.05, 3.63) is 87.4 Å². The molecule has 3 rings (SSSR count). The Labute approximate surface area is 219 Å². The number of nitrogens with two attached hydrogens (primary N) is 1. The second kappa shape index (κ2) is 15.5. The van der Waals surface area contributed by atoms with Crippen molar-refractivity contribution < 1.29 is 17.9 Å². The molecule has 0 aromatic heterocycles. The topological polar surface area (TPSA) is 59.3 Å². The average molecular weight is 575 g/mol. The van der Waals surface area contributed by atoms with Gasteiger partial charge in [-0.05, 0) is 68.8 Å². The van der Waals surface area contributed by atoms with Gasteiger partial charge in [0.05, 0.1) is 17.7 Å². The van der Waals surface area contributed by atoms with Gasteiger partial charge in [0, 0.05) is 35.0 Å². The molecule has 3 aromatic rings. The van der Waals surface area contributed by atoms with Crippen molar-refractivity contribution in [1.29, 1.82) is 0 Å². The molecule has 35 heavy (non-hydrogen) atoms. The van der Waals surface area contributed by atoms with Gasteiger partial charge in [-0.25, -0.2) is 0 Å². The van der Waals surface area contributed by atoms with E-state index in [2.05, 4.69) is 39.6 Å². The molecule has 0 aliphatic carbocycles. The minimum atomic E-state index is -4.32. The molecule has 0 heterocycles. The Hall–Kier alpha value is -2.42. The fourth-order valence-electron chi connectivity index (χ4n) is 2.94. The van der Waals surface area contributed by atoms with Crippen molar-refractivity contribution in [3.63, 3.8) is 0 Å². The van der Waals surface area contributed by atoms with Gasteiger partial charge in [0.1, 0.15) is 5.75 Å². The first-order valence-corrected chi connectivity index (χ1v) is 12.2. The van der Waals surface area contributed by atoms with E-state index in [0.717, 1.165) is 35.0 Å². The Morgan fingerprint density at radius 1 is 0.943 bits per heavy atom. The van der Waals surface area contributed by atoms with E-state index < -0.39 is 17.8 Å². The van der Waals surface area contributed by atoms with Crippen LogP contribution in [0.15, 0.2) is 71.2 Å². The van der Waals surface area contributed by atoms with Gasteiger partial charge in [-0.2, -0.15) is 13.2 Å². The summed E-state index contributed by atoms with van der Waals surface area (Å²) in [5.41, 5.74) is 7.08. The van der Waals surface area contributed by atoms with Gasteiger partial charge in [-0.15, -0.1) is 0 Å². The van der Waals surface area contributed by atoms with Gasteiger partial charge < -0.3 is 21.1 Å². The van der Waals surface area contributed by atoms with Gasteiger partial charge in [0.15, 0.2) is 0 Å². The summed E-state index contributed by atoms with van der Waals surface area (Å²) in [5.74, 6) is 0.707. The minimum Gasteiger partial charge on any atom is -0.495 e. The van der Waals surface area contributed by atoms with Crippen molar-refractivity contribution in [3.8, 4) is 5.75 Å². The van der Waals surface area contributed by atoms with E-state index in [9.17, 15) is 13.2 Å². The summed E-state index contributed by atoms with van der Waals surface area (Å²) in [6, 6.07) is 18.5. The van der Waals surface area contributed by atoms with Gasteiger partial charge in [0.25, 0.3) is 0 Å². The number of hydrogen-bond acceptors (Lipinski definition) is 4. The lowest BCUT2D eigenvalue weighted by molar-refractivity contribution is -0.138. The molecule has 0 amide bonds. The second-order valence-corrected chi connectivity index (χ2v) is 8.62. The van der Waals surface area contributed by atoms with Gasteiger partial charge in [0.2, 0.25) is 0 Å². The number of alkyl halides is 3. The van der Waals surface area contributed by atoms with Crippen LogP contribution in [0.25, 0.3) is 0 Å². The third-order valence-electron chi connectivity index (χ3n) is 4.49. The number of methoxy groups -OCH3 is 1. The Kier molecular flexibility index (Phi) is 13.6. The fourth-order valence-corrected chi connectivity index (χ4v) is 3.59. The summed E-state index contributed by atoms with van der Waals surface area (Å²) in [6.45, 7) is 7.52. The number of rotatable bonds is 6. The highest BCUT2D eigenvalue weighted by Crippen LogP contribution is 2.33. The maximum Gasteiger partial charge on any atom is 0.416 e. The molecule has 9 heteroatoms. The molecule has 0 saturated carbocycles. The largest absolute Gasteiger partial charge is 0.495 e. The molecule has 0 bridgehead atoms. The normalized spacial score (nSPS) is 11.3. The van der Waals surface area contributed by atoms with E-state index in [1.807, 2.05) is 43.3 Å². The predicted molar refractivity (Wildman–Crippen MR) is 145 cm³/mol. The van der Waals surface area contributed by atoms with Crippen LogP contribution in [0.4, 0.5) is 24.5 Å². The summed E-state index contributed by atoms with van der Waals surface area (Å²) < 4.78 is 43.2. The van der Waals surface area contributed by atoms with Crippen LogP contribution in [0.1, 0.15) is 37.9 Å². The molecule has 4 N–H and O–H groups in total. The molecule has 0 fully saturated rings. The molecule has 0 radical (unpaired) electrons. The lowest BCUT2D eigenvalue weighted by Crippen LogP contribution is -2.14. The molecule has 0 aliphatic heterocycles. The van der Waals surface area contributed by atoms with Crippen molar-refractivity contribution >= 4 is 38.9 Å². The van der Waals surface area contributed by atoms with E-state index in [1.54, 1.807) is 13.2 Å². The highest BCUT2D eigenvalue weighted by molar-refractivity contribution is 9.10. The van der Waals surface area contributed by atoms with Crippen LogP contribution in [0.3, 0.4) is 0 Å². The van der Waals surface area contributed by atoms with E-state index in [0.29, 0.717) is 10.8 Å². The van der Waals surface area contributed by atoms with Crippen LogP contribution in [-0.2, 0) is 6.18 Å². The Bertz CT molecular complexity index is 1030. The number of benzene rings is 3. The highest BCUT2D eigenvalue weighted by atomic mass is 79.9. The number of nitrogens with one attached hydrogen (secondary N) is 2. The molecule has 0 aliphatic rings. The number of anilines is 2. The molecule has 4 nitrogen and oxygen atoms in total. The third-order valence-corrected chi connectivity index (χ3v) is 5.28. The van der Waals surface area contributed by atoms with Crippen LogP contribution in [-0.4, -0.2) is 20.2 Å². The summed E-state index contributed by atoms with van der Waals surface area (Å²) in [6.07, 6.45) is -4.32. The SMILES string of the molecule is CC(N)c1ccccc1C(F)(F)F.CCNc1ccc(OC)c(Cl)c1.CCNc1cccc(Br)c1. The highest BCUT2D eigenvalue weighted by Gasteiger charge is 2.33. The molecule has 1 unspecified atom stereocenters. The van der Waals surface area contributed by atoms with Crippen molar-refractivity contribution in [2.24, 2.45) is 5.73 Å². The maximum atomic E-state index is 12.4. The van der Waals surface area contributed by atoms with Gasteiger partial charge >= 0.3 is 6.18 Å². The summed E-state index contributed by atoms with van der Waals surface area (Å²) >= 11 is 9.29. The lowest BCUT2D eigenvalue weighted by Gasteiger charge is -2.14. The summed E-state index contributed by atoms with van der Waals surface area (Å²) in [4.78, 5) is 0. The van der Waals surface area contributed by atoms with Crippen LogP contribution in [0.5, 0.6) is 5.75 Å². The minimum absolute atomic E-state index is 0.134. The predicted octanol–water partition coefficient (Wildman–Crippen LogP) is 8.39. The first-order valence-electron chi connectivity index (χ1n) is 11.0. The summed E-state index contributed by atoms with van der Waals surface area (Å²) in [5, 5.41) is 7.01. The smallest absolute Gasteiger partial charge is 0.416 e. The van der Waals surface area contributed by atoms with Gasteiger partial charge in [-0.3, -0.25) is 0 Å².